The fraction of sp³-hybridized carbons (Fsp3) is 0.120. The van der Waals surface area contributed by atoms with Crippen molar-refractivity contribution in [2.24, 2.45) is 0 Å². The van der Waals surface area contributed by atoms with Gasteiger partial charge in [0, 0.05) is 22.5 Å². The van der Waals surface area contributed by atoms with Gasteiger partial charge in [0.15, 0.2) is 0 Å². The first kappa shape index (κ1) is 19.9. The quantitative estimate of drug-likeness (QED) is 0.473. The Morgan fingerprint density at radius 3 is 2.30 bits per heavy atom. The molecule has 4 rings (SSSR count). The lowest BCUT2D eigenvalue weighted by Crippen LogP contribution is -2.27. The summed E-state index contributed by atoms with van der Waals surface area (Å²) in [5, 5.41) is 4.69. The van der Waals surface area contributed by atoms with Gasteiger partial charge in [-0.3, -0.25) is 4.79 Å². The van der Waals surface area contributed by atoms with Crippen molar-refractivity contribution >= 4 is 28.3 Å². The first-order chi connectivity index (χ1) is 14.5. The van der Waals surface area contributed by atoms with E-state index in [0.29, 0.717) is 34.3 Å². The third-order valence-electron chi connectivity index (χ3n) is 5.00. The van der Waals surface area contributed by atoms with Gasteiger partial charge in [0.1, 0.15) is 0 Å². The average Bonchev–Trinajstić information content (AvgIpc) is 2.76. The Hall–Kier alpha value is -3.37. The SMILES string of the molecule is Cc1ccc(-c2c(C(=O)NCCc3ccc(Cl)cc3)oc(=O)c3ccccc23)cc1. The number of amides is 1. The van der Waals surface area contributed by atoms with Crippen molar-refractivity contribution in [1.82, 2.24) is 5.32 Å². The average molecular weight is 418 g/mol. The number of carbonyl (C=O) groups is 1. The van der Waals surface area contributed by atoms with Crippen LogP contribution in [-0.2, 0) is 6.42 Å². The van der Waals surface area contributed by atoms with Crippen LogP contribution in [0, 0.1) is 6.92 Å². The second kappa shape index (κ2) is 8.56. The van der Waals surface area contributed by atoms with Crippen LogP contribution in [0.2, 0.25) is 5.02 Å². The molecular weight excluding hydrogens is 398 g/mol. The summed E-state index contributed by atoms with van der Waals surface area (Å²) in [6.07, 6.45) is 0.639. The molecular formula is C25H20ClNO3. The van der Waals surface area contributed by atoms with Crippen molar-refractivity contribution in [2.75, 3.05) is 6.54 Å². The molecule has 0 saturated heterocycles. The van der Waals surface area contributed by atoms with E-state index in [1.165, 1.54) is 0 Å². The van der Waals surface area contributed by atoms with Crippen LogP contribution in [-0.4, -0.2) is 12.5 Å². The number of halogens is 1. The molecule has 3 aromatic carbocycles. The molecule has 0 saturated carbocycles. The van der Waals surface area contributed by atoms with Crippen molar-refractivity contribution in [3.63, 3.8) is 0 Å². The van der Waals surface area contributed by atoms with Crippen LogP contribution in [0.4, 0.5) is 0 Å². The minimum absolute atomic E-state index is 0.0265. The molecule has 4 aromatic rings. The number of fused-ring (bicyclic) bond motifs is 1. The standard InChI is InChI=1S/C25H20ClNO3/c1-16-6-10-18(11-7-16)22-20-4-2-3-5-21(20)25(29)30-23(22)24(28)27-15-14-17-8-12-19(26)13-9-17/h2-13H,14-15H2,1H3,(H,27,28). The highest BCUT2D eigenvalue weighted by Gasteiger charge is 2.21. The van der Waals surface area contributed by atoms with E-state index < -0.39 is 11.5 Å². The smallest absolute Gasteiger partial charge is 0.344 e. The summed E-state index contributed by atoms with van der Waals surface area (Å²) in [6.45, 7) is 2.40. The zero-order chi connectivity index (χ0) is 21.1. The number of benzene rings is 3. The Morgan fingerprint density at radius 2 is 1.60 bits per heavy atom. The molecule has 1 amide bonds. The van der Waals surface area contributed by atoms with Gasteiger partial charge in [0.2, 0.25) is 5.76 Å². The third-order valence-corrected chi connectivity index (χ3v) is 5.25. The van der Waals surface area contributed by atoms with Crippen LogP contribution >= 0.6 is 11.6 Å². The zero-order valence-electron chi connectivity index (χ0n) is 16.4. The maximum absolute atomic E-state index is 13.0. The lowest BCUT2D eigenvalue weighted by Gasteiger charge is -2.12. The van der Waals surface area contributed by atoms with E-state index in [1.54, 1.807) is 12.1 Å². The summed E-state index contributed by atoms with van der Waals surface area (Å²) < 4.78 is 5.50. The topological polar surface area (TPSA) is 59.3 Å². The molecule has 0 radical (unpaired) electrons. The molecule has 150 valence electrons. The predicted molar refractivity (Wildman–Crippen MR) is 120 cm³/mol. The Labute approximate surface area is 179 Å². The van der Waals surface area contributed by atoms with Gasteiger partial charge in [-0.05, 0) is 42.7 Å². The molecule has 0 aliphatic carbocycles. The summed E-state index contributed by atoms with van der Waals surface area (Å²) in [7, 11) is 0. The van der Waals surface area contributed by atoms with Gasteiger partial charge in [-0.2, -0.15) is 0 Å². The molecule has 0 atom stereocenters. The van der Waals surface area contributed by atoms with Gasteiger partial charge in [0.05, 0.1) is 5.39 Å². The lowest BCUT2D eigenvalue weighted by atomic mass is 9.97. The first-order valence-electron chi connectivity index (χ1n) is 9.68. The van der Waals surface area contributed by atoms with Gasteiger partial charge in [-0.15, -0.1) is 0 Å². The minimum atomic E-state index is -0.524. The molecule has 0 unspecified atom stereocenters. The molecule has 1 aromatic heterocycles. The third kappa shape index (κ3) is 4.14. The van der Waals surface area contributed by atoms with E-state index in [0.717, 1.165) is 16.7 Å². The summed E-state index contributed by atoms with van der Waals surface area (Å²) in [5.74, 6) is -0.388. The number of hydrogen-bond acceptors (Lipinski definition) is 3. The van der Waals surface area contributed by atoms with Crippen LogP contribution < -0.4 is 10.9 Å². The maximum Gasteiger partial charge on any atom is 0.344 e. The first-order valence-corrected chi connectivity index (χ1v) is 10.1. The maximum atomic E-state index is 13.0. The molecule has 1 N–H and O–H groups in total. The molecule has 30 heavy (non-hydrogen) atoms. The Bertz CT molecular complexity index is 1260. The van der Waals surface area contributed by atoms with E-state index in [-0.39, 0.29) is 5.76 Å². The normalized spacial score (nSPS) is 10.9. The summed E-state index contributed by atoms with van der Waals surface area (Å²) >= 11 is 5.91. The van der Waals surface area contributed by atoms with Crippen molar-refractivity contribution in [1.29, 1.82) is 0 Å². The van der Waals surface area contributed by atoms with Crippen LogP contribution in [0.3, 0.4) is 0 Å². The van der Waals surface area contributed by atoms with Crippen molar-refractivity contribution in [3.05, 3.63) is 105 Å². The van der Waals surface area contributed by atoms with E-state index in [1.807, 2.05) is 67.6 Å². The van der Waals surface area contributed by atoms with Gasteiger partial charge in [-0.25, -0.2) is 4.79 Å². The Balaban J connectivity index is 1.69. The monoisotopic (exact) mass is 417 g/mol. The van der Waals surface area contributed by atoms with Crippen LogP contribution in [0.15, 0.2) is 82.0 Å². The summed E-state index contributed by atoms with van der Waals surface area (Å²) in [5.41, 5.74) is 3.08. The van der Waals surface area contributed by atoms with E-state index in [2.05, 4.69) is 5.32 Å². The lowest BCUT2D eigenvalue weighted by molar-refractivity contribution is 0.0923. The minimum Gasteiger partial charge on any atom is -0.416 e. The Kier molecular flexibility index (Phi) is 5.68. The van der Waals surface area contributed by atoms with Crippen molar-refractivity contribution < 1.29 is 9.21 Å². The molecule has 0 aliphatic rings. The Morgan fingerprint density at radius 1 is 0.933 bits per heavy atom. The van der Waals surface area contributed by atoms with Crippen molar-refractivity contribution in [3.8, 4) is 11.1 Å². The second-order valence-corrected chi connectivity index (χ2v) is 7.57. The van der Waals surface area contributed by atoms with Gasteiger partial charge < -0.3 is 9.73 Å². The highest BCUT2D eigenvalue weighted by atomic mass is 35.5. The molecule has 5 heteroatoms. The largest absolute Gasteiger partial charge is 0.416 e. The van der Waals surface area contributed by atoms with E-state index in [9.17, 15) is 9.59 Å². The highest BCUT2D eigenvalue weighted by molar-refractivity contribution is 6.30. The molecule has 1 heterocycles. The van der Waals surface area contributed by atoms with Gasteiger partial charge in [-0.1, -0.05) is 71.8 Å². The predicted octanol–water partition coefficient (Wildman–Crippen LogP) is 5.39. The number of carbonyl (C=O) groups excluding carboxylic acids is 1. The summed E-state index contributed by atoms with van der Waals surface area (Å²) in [6, 6.07) is 22.5. The molecule has 0 bridgehead atoms. The van der Waals surface area contributed by atoms with Crippen LogP contribution in [0.1, 0.15) is 21.7 Å². The van der Waals surface area contributed by atoms with E-state index >= 15 is 0 Å². The fourth-order valence-corrected chi connectivity index (χ4v) is 3.54. The molecule has 0 fully saturated rings. The van der Waals surface area contributed by atoms with Crippen molar-refractivity contribution in [2.45, 2.75) is 13.3 Å². The van der Waals surface area contributed by atoms with Crippen LogP contribution in [0.25, 0.3) is 21.9 Å². The second-order valence-electron chi connectivity index (χ2n) is 7.14. The zero-order valence-corrected chi connectivity index (χ0v) is 17.2. The van der Waals surface area contributed by atoms with E-state index in [4.69, 9.17) is 16.0 Å². The molecule has 0 aliphatic heterocycles. The summed E-state index contributed by atoms with van der Waals surface area (Å²) in [4.78, 5) is 25.5. The number of aryl methyl sites for hydroxylation is 1. The molecule has 0 spiro atoms. The number of nitrogens with one attached hydrogen (secondary N) is 1. The van der Waals surface area contributed by atoms with Gasteiger partial charge >= 0.3 is 5.63 Å². The fourth-order valence-electron chi connectivity index (χ4n) is 3.42. The van der Waals surface area contributed by atoms with Crippen LogP contribution in [0.5, 0.6) is 0 Å². The highest BCUT2D eigenvalue weighted by Crippen LogP contribution is 2.31. The number of rotatable bonds is 5. The number of hydrogen-bond donors (Lipinski definition) is 1. The molecule has 4 nitrogen and oxygen atoms in total. The van der Waals surface area contributed by atoms with Gasteiger partial charge in [0.25, 0.3) is 5.91 Å².